The Morgan fingerprint density at radius 2 is 2.21 bits per heavy atom. The number of fused-ring (bicyclic) bond motifs is 1. The van der Waals surface area contributed by atoms with Crippen molar-refractivity contribution in [2.75, 3.05) is 0 Å². The molecule has 0 spiro atoms. The molecule has 1 aromatic carbocycles. The third kappa shape index (κ3) is 2.39. The lowest BCUT2D eigenvalue weighted by molar-refractivity contribution is 0.405. The molecule has 4 nitrogen and oxygen atoms in total. The summed E-state index contributed by atoms with van der Waals surface area (Å²) in [6, 6.07) is 8.79. The van der Waals surface area contributed by atoms with Gasteiger partial charge in [-0.2, -0.15) is 4.98 Å². The van der Waals surface area contributed by atoms with Crippen molar-refractivity contribution >= 4 is 21.4 Å². The molecule has 19 heavy (non-hydrogen) atoms. The Balaban J connectivity index is 1.81. The molecule has 0 radical (unpaired) electrons. The molecule has 5 heteroatoms. The summed E-state index contributed by atoms with van der Waals surface area (Å²) in [6.07, 6.45) is 1.35. The molecule has 1 atom stereocenters. The molecule has 2 heterocycles. The van der Waals surface area contributed by atoms with Gasteiger partial charge in [0.2, 0.25) is 6.39 Å². The molecule has 3 aromatic rings. The van der Waals surface area contributed by atoms with Crippen molar-refractivity contribution in [2.24, 2.45) is 0 Å². The van der Waals surface area contributed by atoms with Crippen molar-refractivity contribution in [1.29, 1.82) is 0 Å². The molecule has 0 fully saturated rings. The first-order chi connectivity index (χ1) is 9.25. The van der Waals surface area contributed by atoms with Crippen LogP contribution in [0.4, 0.5) is 0 Å². The first-order valence-electron chi connectivity index (χ1n) is 6.22. The summed E-state index contributed by atoms with van der Waals surface area (Å²) >= 11 is 1.84. The van der Waals surface area contributed by atoms with Gasteiger partial charge in [0, 0.05) is 15.6 Å². The molecule has 0 bridgehead atoms. The average molecular weight is 273 g/mol. The molecule has 1 N–H and O–H groups in total. The van der Waals surface area contributed by atoms with E-state index in [4.69, 9.17) is 4.52 Å². The molecule has 1 unspecified atom stereocenters. The van der Waals surface area contributed by atoms with Crippen LogP contribution in [0.25, 0.3) is 10.1 Å². The van der Waals surface area contributed by atoms with Crippen LogP contribution >= 0.6 is 11.3 Å². The highest BCUT2D eigenvalue weighted by Crippen LogP contribution is 2.34. The van der Waals surface area contributed by atoms with Crippen LogP contribution in [0, 0.1) is 6.92 Å². The van der Waals surface area contributed by atoms with Crippen molar-refractivity contribution in [3.63, 3.8) is 0 Å². The number of aryl methyl sites for hydroxylation is 1. The minimum atomic E-state index is 0.274. The molecule has 98 valence electrons. The number of hydrogen-bond acceptors (Lipinski definition) is 5. The monoisotopic (exact) mass is 273 g/mol. The highest BCUT2D eigenvalue weighted by atomic mass is 32.1. The topological polar surface area (TPSA) is 51.0 Å². The zero-order valence-electron chi connectivity index (χ0n) is 10.9. The van der Waals surface area contributed by atoms with E-state index in [1.54, 1.807) is 0 Å². The van der Waals surface area contributed by atoms with Gasteiger partial charge in [-0.05, 0) is 30.9 Å². The fraction of sp³-hybridized carbons (Fsp3) is 0.286. The van der Waals surface area contributed by atoms with Crippen LogP contribution in [0.2, 0.25) is 0 Å². The largest absolute Gasteiger partial charge is 0.343 e. The van der Waals surface area contributed by atoms with E-state index in [0.717, 1.165) is 0 Å². The van der Waals surface area contributed by atoms with E-state index in [1.807, 2.05) is 11.3 Å². The maximum atomic E-state index is 4.73. The number of aromatic nitrogens is 2. The molecule has 3 rings (SSSR count). The first kappa shape index (κ1) is 12.3. The van der Waals surface area contributed by atoms with Gasteiger partial charge >= 0.3 is 0 Å². The average Bonchev–Trinajstić information content (AvgIpc) is 3.05. The van der Waals surface area contributed by atoms with E-state index in [2.05, 4.69) is 53.6 Å². The number of benzene rings is 1. The van der Waals surface area contributed by atoms with E-state index >= 15 is 0 Å². The van der Waals surface area contributed by atoms with Crippen LogP contribution in [0.1, 0.15) is 29.2 Å². The number of thiophene rings is 1. The number of nitrogens with one attached hydrogen (secondary N) is 1. The van der Waals surface area contributed by atoms with E-state index < -0.39 is 0 Å². The normalized spacial score (nSPS) is 12.9. The fourth-order valence-electron chi connectivity index (χ4n) is 2.21. The maximum Gasteiger partial charge on any atom is 0.213 e. The summed E-state index contributed by atoms with van der Waals surface area (Å²) in [5.74, 6) is 0.686. The van der Waals surface area contributed by atoms with Crippen LogP contribution in [0.15, 0.2) is 35.2 Å². The van der Waals surface area contributed by atoms with Gasteiger partial charge in [0.15, 0.2) is 5.82 Å². The van der Waals surface area contributed by atoms with Gasteiger partial charge in [0.25, 0.3) is 0 Å². The SMILES string of the molecule is Cc1c(C(C)NCc2ncon2)sc2ccccc12. The Bertz CT molecular complexity index is 675. The summed E-state index contributed by atoms with van der Waals surface area (Å²) in [6.45, 7) is 4.96. The summed E-state index contributed by atoms with van der Waals surface area (Å²) in [5.41, 5.74) is 1.36. The van der Waals surface area contributed by atoms with Gasteiger partial charge in [0.1, 0.15) is 0 Å². The van der Waals surface area contributed by atoms with Gasteiger partial charge in [-0.25, -0.2) is 0 Å². The van der Waals surface area contributed by atoms with Crippen LogP contribution in [0.5, 0.6) is 0 Å². The second-order valence-corrected chi connectivity index (χ2v) is 5.62. The van der Waals surface area contributed by atoms with E-state index in [9.17, 15) is 0 Å². The van der Waals surface area contributed by atoms with E-state index in [1.165, 1.54) is 26.9 Å². The highest BCUT2D eigenvalue weighted by Gasteiger charge is 2.14. The second kappa shape index (κ2) is 5.11. The van der Waals surface area contributed by atoms with Crippen LogP contribution in [-0.4, -0.2) is 10.1 Å². The van der Waals surface area contributed by atoms with Gasteiger partial charge in [-0.1, -0.05) is 23.4 Å². The molecule has 0 aliphatic heterocycles. The Kier molecular flexibility index (Phi) is 3.31. The minimum Gasteiger partial charge on any atom is -0.343 e. The highest BCUT2D eigenvalue weighted by molar-refractivity contribution is 7.19. The fourth-order valence-corrected chi connectivity index (χ4v) is 3.45. The van der Waals surface area contributed by atoms with Crippen LogP contribution in [0.3, 0.4) is 0 Å². The van der Waals surface area contributed by atoms with Crippen molar-refractivity contribution in [3.05, 3.63) is 46.9 Å². The van der Waals surface area contributed by atoms with Crippen molar-refractivity contribution in [3.8, 4) is 0 Å². The minimum absolute atomic E-state index is 0.274. The van der Waals surface area contributed by atoms with Gasteiger partial charge in [0.05, 0.1) is 6.54 Å². The molecule has 2 aromatic heterocycles. The lowest BCUT2D eigenvalue weighted by Gasteiger charge is -2.11. The van der Waals surface area contributed by atoms with Crippen LogP contribution in [-0.2, 0) is 6.54 Å². The predicted octanol–water partition coefficient (Wildman–Crippen LogP) is 3.44. The van der Waals surface area contributed by atoms with Gasteiger partial charge in [-0.3, -0.25) is 0 Å². The molecular weight excluding hydrogens is 258 g/mol. The molecule has 0 amide bonds. The first-order valence-corrected chi connectivity index (χ1v) is 7.04. The number of rotatable bonds is 4. The van der Waals surface area contributed by atoms with Crippen molar-refractivity contribution in [1.82, 2.24) is 15.5 Å². The smallest absolute Gasteiger partial charge is 0.213 e. The van der Waals surface area contributed by atoms with E-state index in [-0.39, 0.29) is 6.04 Å². The summed E-state index contributed by atoms with van der Waals surface area (Å²) in [5, 5.41) is 8.57. The quantitative estimate of drug-likeness (QED) is 0.791. The Morgan fingerprint density at radius 1 is 1.37 bits per heavy atom. The van der Waals surface area contributed by atoms with Crippen LogP contribution < -0.4 is 5.32 Å². The Labute approximate surface area is 115 Å². The standard InChI is InChI=1S/C14H15N3OS/c1-9-11-5-3-4-6-12(11)19-14(9)10(2)15-7-13-16-8-18-17-13/h3-6,8,10,15H,7H2,1-2H3. The summed E-state index contributed by atoms with van der Waals surface area (Å²) < 4.78 is 6.06. The number of hydrogen-bond donors (Lipinski definition) is 1. The van der Waals surface area contributed by atoms with Crippen molar-refractivity contribution < 1.29 is 4.52 Å². The number of nitrogens with zero attached hydrogens (tertiary/aromatic N) is 2. The Hall–Kier alpha value is -1.72. The van der Waals surface area contributed by atoms with Crippen molar-refractivity contribution in [2.45, 2.75) is 26.4 Å². The molecule has 0 aliphatic rings. The summed E-state index contributed by atoms with van der Waals surface area (Å²) in [7, 11) is 0. The zero-order valence-corrected chi connectivity index (χ0v) is 11.7. The van der Waals surface area contributed by atoms with Gasteiger partial charge < -0.3 is 9.84 Å². The molecule has 0 saturated heterocycles. The van der Waals surface area contributed by atoms with E-state index in [0.29, 0.717) is 12.4 Å². The third-order valence-corrected chi connectivity index (χ3v) is 4.70. The molecular formula is C14H15N3OS. The Morgan fingerprint density at radius 3 is 2.95 bits per heavy atom. The summed E-state index contributed by atoms with van der Waals surface area (Å²) in [4.78, 5) is 5.38. The molecule has 0 saturated carbocycles. The lowest BCUT2D eigenvalue weighted by atomic mass is 10.1. The predicted molar refractivity (Wildman–Crippen MR) is 76.1 cm³/mol. The zero-order chi connectivity index (χ0) is 13.2. The maximum absolute atomic E-state index is 4.73. The lowest BCUT2D eigenvalue weighted by Crippen LogP contribution is -2.18. The second-order valence-electron chi connectivity index (χ2n) is 4.54. The molecule has 0 aliphatic carbocycles. The third-order valence-electron chi connectivity index (χ3n) is 3.25. The van der Waals surface area contributed by atoms with Gasteiger partial charge in [-0.15, -0.1) is 11.3 Å².